The SMILES string of the molecule is N#CC1CCN(CCn2cc(-c3cncc(-c4cccc(Cl)c4)c3)c3c(Cl)cccc32)CC1. The number of likely N-dealkylation sites (tertiary alicyclic amines) is 1. The maximum Gasteiger partial charge on any atom is 0.0656 e. The Kier molecular flexibility index (Phi) is 6.37. The summed E-state index contributed by atoms with van der Waals surface area (Å²) in [6, 6.07) is 18.4. The van der Waals surface area contributed by atoms with E-state index in [1.165, 1.54) is 0 Å². The molecule has 0 spiro atoms. The van der Waals surface area contributed by atoms with Crippen LogP contribution in [0.15, 0.2) is 67.1 Å². The van der Waals surface area contributed by atoms with Crippen molar-refractivity contribution in [2.75, 3.05) is 19.6 Å². The zero-order chi connectivity index (χ0) is 22.8. The highest BCUT2D eigenvalue weighted by molar-refractivity contribution is 6.36. The van der Waals surface area contributed by atoms with E-state index in [-0.39, 0.29) is 5.92 Å². The Morgan fingerprint density at radius 2 is 1.73 bits per heavy atom. The number of piperidine rings is 1. The number of pyridine rings is 1. The molecule has 166 valence electrons. The van der Waals surface area contributed by atoms with E-state index in [0.29, 0.717) is 5.02 Å². The fraction of sp³-hybridized carbons (Fsp3) is 0.259. The van der Waals surface area contributed by atoms with Gasteiger partial charge in [-0.05, 0) is 61.8 Å². The van der Waals surface area contributed by atoms with Gasteiger partial charge in [0.2, 0.25) is 0 Å². The molecule has 0 saturated carbocycles. The van der Waals surface area contributed by atoms with E-state index >= 15 is 0 Å². The number of aromatic nitrogens is 2. The lowest BCUT2D eigenvalue weighted by Gasteiger charge is -2.29. The Morgan fingerprint density at radius 3 is 2.52 bits per heavy atom. The third kappa shape index (κ3) is 4.63. The number of hydrogen-bond donors (Lipinski definition) is 0. The molecule has 4 aromatic rings. The first kappa shape index (κ1) is 22.0. The average molecular weight is 475 g/mol. The molecule has 6 heteroatoms. The van der Waals surface area contributed by atoms with Crippen LogP contribution in [0.1, 0.15) is 12.8 Å². The second kappa shape index (κ2) is 9.57. The first-order valence-electron chi connectivity index (χ1n) is 11.2. The lowest BCUT2D eigenvalue weighted by molar-refractivity contribution is 0.200. The van der Waals surface area contributed by atoms with Crippen LogP contribution in [0.4, 0.5) is 0 Å². The monoisotopic (exact) mass is 474 g/mol. The number of benzene rings is 2. The van der Waals surface area contributed by atoms with Crippen molar-refractivity contribution in [3.8, 4) is 28.3 Å². The molecular weight excluding hydrogens is 451 g/mol. The molecule has 0 bridgehead atoms. The van der Waals surface area contributed by atoms with Crippen LogP contribution < -0.4 is 0 Å². The highest BCUT2D eigenvalue weighted by Gasteiger charge is 2.19. The fourth-order valence-corrected chi connectivity index (χ4v) is 5.12. The number of nitriles is 1. The summed E-state index contributed by atoms with van der Waals surface area (Å²) < 4.78 is 2.29. The molecule has 1 saturated heterocycles. The summed E-state index contributed by atoms with van der Waals surface area (Å²) in [7, 11) is 0. The highest BCUT2D eigenvalue weighted by Crippen LogP contribution is 2.37. The molecule has 4 nitrogen and oxygen atoms in total. The summed E-state index contributed by atoms with van der Waals surface area (Å²) in [5.41, 5.74) is 5.28. The largest absolute Gasteiger partial charge is 0.346 e. The minimum absolute atomic E-state index is 0.207. The highest BCUT2D eigenvalue weighted by atomic mass is 35.5. The predicted molar refractivity (Wildman–Crippen MR) is 135 cm³/mol. The van der Waals surface area contributed by atoms with Crippen LogP contribution in [-0.4, -0.2) is 34.1 Å². The van der Waals surface area contributed by atoms with Crippen LogP contribution in [0.2, 0.25) is 10.0 Å². The fourth-order valence-electron chi connectivity index (χ4n) is 4.66. The molecule has 0 radical (unpaired) electrons. The summed E-state index contributed by atoms with van der Waals surface area (Å²) in [4.78, 5) is 6.97. The number of hydrogen-bond acceptors (Lipinski definition) is 3. The van der Waals surface area contributed by atoms with Crippen molar-refractivity contribution in [3.05, 3.63) is 77.2 Å². The van der Waals surface area contributed by atoms with Crippen LogP contribution in [0, 0.1) is 17.2 Å². The van der Waals surface area contributed by atoms with Gasteiger partial charge in [0.25, 0.3) is 0 Å². The van der Waals surface area contributed by atoms with Gasteiger partial charge in [0.15, 0.2) is 0 Å². The van der Waals surface area contributed by atoms with E-state index in [9.17, 15) is 0 Å². The van der Waals surface area contributed by atoms with E-state index in [1.54, 1.807) is 0 Å². The number of halogens is 2. The van der Waals surface area contributed by atoms with Crippen LogP contribution in [-0.2, 0) is 6.54 Å². The second-order valence-electron chi connectivity index (χ2n) is 8.59. The third-order valence-corrected chi connectivity index (χ3v) is 7.04. The standard InChI is InChI=1S/C27H24Cl2N4/c28-23-4-1-3-20(14-23)21-13-22(17-31-16-21)24-18-33(26-6-2-5-25(29)27(24)26)12-11-32-9-7-19(15-30)8-10-32/h1-6,13-14,16-19H,7-12H2. The molecule has 0 amide bonds. The maximum atomic E-state index is 9.15. The van der Waals surface area contributed by atoms with Crippen molar-refractivity contribution < 1.29 is 0 Å². The van der Waals surface area contributed by atoms with Crippen molar-refractivity contribution >= 4 is 34.1 Å². The Balaban J connectivity index is 1.47. The second-order valence-corrected chi connectivity index (χ2v) is 9.43. The smallest absolute Gasteiger partial charge is 0.0656 e. The molecule has 0 N–H and O–H groups in total. The summed E-state index contributed by atoms with van der Waals surface area (Å²) >= 11 is 12.9. The molecule has 0 unspecified atom stereocenters. The van der Waals surface area contributed by atoms with Gasteiger partial charge in [0, 0.05) is 64.7 Å². The third-order valence-electron chi connectivity index (χ3n) is 6.49. The van der Waals surface area contributed by atoms with E-state index < -0.39 is 0 Å². The summed E-state index contributed by atoms with van der Waals surface area (Å²) in [5.74, 6) is 0.207. The average Bonchev–Trinajstić information content (AvgIpc) is 3.23. The van der Waals surface area contributed by atoms with Gasteiger partial charge in [-0.2, -0.15) is 5.26 Å². The van der Waals surface area contributed by atoms with Gasteiger partial charge in [-0.3, -0.25) is 4.98 Å². The number of nitrogens with zero attached hydrogens (tertiary/aromatic N) is 4. The van der Waals surface area contributed by atoms with Gasteiger partial charge in [-0.15, -0.1) is 0 Å². The van der Waals surface area contributed by atoms with Crippen LogP contribution >= 0.6 is 23.2 Å². The molecule has 1 aliphatic heterocycles. The van der Waals surface area contributed by atoms with Gasteiger partial charge in [0.1, 0.15) is 0 Å². The van der Waals surface area contributed by atoms with Crippen molar-refractivity contribution in [1.82, 2.24) is 14.5 Å². The first-order chi connectivity index (χ1) is 16.1. The lowest BCUT2D eigenvalue weighted by Crippen LogP contribution is -2.35. The van der Waals surface area contributed by atoms with E-state index in [4.69, 9.17) is 28.5 Å². The van der Waals surface area contributed by atoms with Crippen LogP contribution in [0.25, 0.3) is 33.2 Å². The maximum absolute atomic E-state index is 9.15. The van der Waals surface area contributed by atoms with E-state index in [2.05, 4.69) is 38.8 Å². The topological polar surface area (TPSA) is 44.9 Å². The molecule has 5 rings (SSSR count). The Morgan fingerprint density at radius 1 is 0.939 bits per heavy atom. The van der Waals surface area contributed by atoms with Crippen molar-refractivity contribution in [2.45, 2.75) is 19.4 Å². The summed E-state index contributed by atoms with van der Waals surface area (Å²) in [6.07, 6.45) is 7.87. The summed E-state index contributed by atoms with van der Waals surface area (Å²) in [6.45, 7) is 3.79. The summed E-state index contributed by atoms with van der Waals surface area (Å²) in [5, 5.41) is 11.6. The first-order valence-corrected chi connectivity index (χ1v) is 12.0. The quantitative estimate of drug-likeness (QED) is 0.315. The van der Waals surface area contributed by atoms with Crippen LogP contribution in [0.5, 0.6) is 0 Å². The number of fused-ring (bicyclic) bond motifs is 1. The molecule has 2 aromatic carbocycles. The molecule has 33 heavy (non-hydrogen) atoms. The van der Waals surface area contributed by atoms with Gasteiger partial charge in [0.05, 0.1) is 16.6 Å². The van der Waals surface area contributed by atoms with Crippen molar-refractivity contribution in [3.63, 3.8) is 0 Å². The molecular formula is C27H24Cl2N4. The van der Waals surface area contributed by atoms with Crippen molar-refractivity contribution in [2.24, 2.45) is 5.92 Å². The Hall–Kier alpha value is -2.84. The minimum atomic E-state index is 0.207. The van der Waals surface area contributed by atoms with Gasteiger partial charge < -0.3 is 9.47 Å². The molecule has 0 aliphatic carbocycles. The molecule has 3 heterocycles. The minimum Gasteiger partial charge on any atom is -0.346 e. The Bertz CT molecular complexity index is 1330. The van der Waals surface area contributed by atoms with E-state index in [1.807, 2.05) is 48.8 Å². The van der Waals surface area contributed by atoms with E-state index in [0.717, 1.165) is 77.2 Å². The van der Waals surface area contributed by atoms with Gasteiger partial charge in [-0.25, -0.2) is 0 Å². The predicted octanol–water partition coefficient (Wildman–Crippen LogP) is 6.91. The van der Waals surface area contributed by atoms with Crippen molar-refractivity contribution in [1.29, 1.82) is 5.26 Å². The van der Waals surface area contributed by atoms with Crippen LogP contribution in [0.3, 0.4) is 0 Å². The Labute approximate surface area is 204 Å². The molecule has 1 aliphatic rings. The molecule has 1 fully saturated rings. The zero-order valence-electron chi connectivity index (χ0n) is 18.2. The molecule has 0 atom stereocenters. The van der Waals surface area contributed by atoms with Gasteiger partial charge in [-0.1, -0.05) is 41.4 Å². The normalized spacial score (nSPS) is 15.1. The molecule has 2 aromatic heterocycles. The number of rotatable bonds is 5. The lowest BCUT2D eigenvalue weighted by atomic mass is 9.99. The zero-order valence-corrected chi connectivity index (χ0v) is 19.7. The van der Waals surface area contributed by atoms with Gasteiger partial charge >= 0.3 is 0 Å².